The van der Waals surface area contributed by atoms with E-state index in [4.69, 9.17) is 0 Å². The number of amides is 1. The maximum atomic E-state index is 13.0. The van der Waals surface area contributed by atoms with Crippen molar-refractivity contribution in [3.8, 4) is 0 Å². The first-order chi connectivity index (χ1) is 9.61. The predicted octanol–water partition coefficient (Wildman–Crippen LogP) is 2.87. The summed E-state index contributed by atoms with van der Waals surface area (Å²) < 4.78 is 25.8. The Labute approximate surface area is 117 Å². The maximum Gasteiger partial charge on any atom is 0.230 e. The van der Waals surface area contributed by atoms with Gasteiger partial charge in [0.05, 0.1) is 6.42 Å². The van der Waals surface area contributed by atoms with Crippen LogP contribution in [0, 0.1) is 11.6 Å². The smallest absolute Gasteiger partial charge is 0.230 e. The minimum absolute atomic E-state index is 0.0322. The molecule has 1 aromatic carbocycles. The summed E-state index contributed by atoms with van der Waals surface area (Å²) in [5.74, 6) is -1.71. The second-order valence-corrected chi connectivity index (χ2v) is 5.70. The Morgan fingerprint density at radius 3 is 2.80 bits per heavy atom. The number of anilines is 1. The van der Waals surface area contributed by atoms with Gasteiger partial charge in [-0.2, -0.15) is 0 Å². The highest BCUT2D eigenvalue weighted by molar-refractivity contribution is 7.15. The van der Waals surface area contributed by atoms with Gasteiger partial charge in [-0.3, -0.25) is 4.79 Å². The van der Waals surface area contributed by atoms with Crippen molar-refractivity contribution in [1.82, 2.24) is 10.2 Å². The summed E-state index contributed by atoms with van der Waals surface area (Å²) in [6, 6.07) is 3.41. The number of rotatable bonds is 4. The van der Waals surface area contributed by atoms with E-state index in [2.05, 4.69) is 15.5 Å². The Morgan fingerprint density at radius 1 is 1.30 bits per heavy atom. The normalized spacial score (nSPS) is 14.3. The highest BCUT2D eigenvalue weighted by atomic mass is 32.1. The van der Waals surface area contributed by atoms with Crippen LogP contribution in [-0.2, 0) is 11.2 Å². The van der Waals surface area contributed by atoms with E-state index >= 15 is 0 Å². The summed E-state index contributed by atoms with van der Waals surface area (Å²) in [5, 5.41) is 11.9. The lowest BCUT2D eigenvalue weighted by molar-refractivity contribution is -0.115. The molecule has 1 heterocycles. The van der Waals surface area contributed by atoms with Gasteiger partial charge < -0.3 is 5.32 Å². The number of nitrogens with zero attached hydrogens (tertiary/aromatic N) is 2. The summed E-state index contributed by atoms with van der Waals surface area (Å²) in [7, 11) is 0. The van der Waals surface area contributed by atoms with Crippen LogP contribution in [0.25, 0.3) is 0 Å². The molecule has 1 saturated carbocycles. The van der Waals surface area contributed by atoms with Gasteiger partial charge in [0.2, 0.25) is 11.0 Å². The topological polar surface area (TPSA) is 54.9 Å². The van der Waals surface area contributed by atoms with Crippen molar-refractivity contribution in [3.63, 3.8) is 0 Å². The summed E-state index contributed by atoms with van der Waals surface area (Å²) >= 11 is 1.36. The van der Waals surface area contributed by atoms with E-state index in [0.29, 0.717) is 16.6 Å². The van der Waals surface area contributed by atoms with Crippen LogP contribution in [0.15, 0.2) is 18.2 Å². The molecule has 3 rings (SSSR count). The molecule has 4 nitrogen and oxygen atoms in total. The van der Waals surface area contributed by atoms with E-state index in [0.717, 1.165) is 30.0 Å². The summed E-state index contributed by atoms with van der Waals surface area (Å²) in [6.07, 6.45) is 2.21. The molecule has 1 aromatic heterocycles. The lowest BCUT2D eigenvalue weighted by atomic mass is 10.1. The largest absolute Gasteiger partial charge is 0.300 e. The first-order valence-electron chi connectivity index (χ1n) is 6.19. The van der Waals surface area contributed by atoms with Crippen LogP contribution in [0.1, 0.15) is 29.3 Å². The van der Waals surface area contributed by atoms with Crippen molar-refractivity contribution in [2.24, 2.45) is 0 Å². The van der Waals surface area contributed by atoms with Gasteiger partial charge in [-0.05, 0) is 30.5 Å². The molecule has 0 unspecified atom stereocenters. The first kappa shape index (κ1) is 13.1. The summed E-state index contributed by atoms with van der Waals surface area (Å²) in [4.78, 5) is 11.8. The van der Waals surface area contributed by atoms with Gasteiger partial charge in [0.1, 0.15) is 5.01 Å². The quantitative estimate of drug-likeness (QED) is 0.943. The molecule has 0 radical (unpaired) electrons. The molecule has 0 saturated heterocycles. The molecular formula is C13H11F2N3OS. The molecule has 104 valence electrons. The molecule has 0 bridgehead atoms. The van der Waals surface area contributed by atoms with Gasteiger partial charge >= 0.3 is 0 Å². The molecule has 7 heteroatoms. The van der Waals surface area contributed by atoms with Crippen LogP contribution in [-0.4, -0.2) is 16.1 Å². The number of hydrogen-bond donors (Lipinski definition) is 1. The monoisotopic (exact) mass is 295 g/mol. The third-order valence-corrected chi connectivity index (χ3v) is 3.96. The molecule has 0 aliphatic heterocycles. The van der Waals surface area contributed by atoms with Gasteiger partial charge in [-0.1, -0.05) is 17.4 Å². The fraction of sp³-hybridized carbons (Fsp3) is 0.308. The number of halogens is 2. The van der Waals surface area contributed by atoms with E-state index in [1.165, 1.54) is 17.4 Å². The Bertz CT molecular complexity index is 655. The van der Waals surface area contributed by atoms with E-state index in [9.17, 15) is 13.6 Å². The predicted molar refractivity (Wildman–Crippen MR) is 70.6 cm³/mol. The molecule has 1 fully saturated rings. The second kappa shape index (κ2) is 5.24. The third-order valence-electron chi connectivity index (χ3n) is 2.96. The van der Waals surface area contributed by atoms with Gasteiger partial charge in [0.15, 0.2) is 11.6 Å². The molecule has 2 aromatic rings. The summed E-state index contributed by atoms with van der Waals surface area (Å²) in [5.41, 5.74) is 0.410. The number of nitrogens with one attached hydrogen (secondary N) is 1. The molecule has 0 atom stereocenters. The number of carbonyl (C=O) groups is 1. The van der Waals surface area contributed by atoms with Crippen LogP contribution in [0.2, 0.25) is 0 Å². The van der Waals surface area contributed by atoms with E-state index in [-0.39, 0.29) is 12.3 Å². The van der Waals surface area contributed by atoms with Crippen molar-refractivity contribution in [1.29, 1.82) is 0 Å². The molecule has 1 N–H and O–H groups in total. The van der Waals surface area contributed by atoms with Gasteiger partial charge in [-0.15, -0.1) is 10.2 Å². The lowest BCUT2D eigenvalue weighted by Crippen LogP contribution is -2.14. The molecule has 20 heavy (non-hydrogen) atoms. The van der Waals surface area contributed by atoms with E-state index in [1.54, 1.807) is 0 Å². The number of benzene rings is 1. The molecular weight excluding hydrogens is 284 g/mol. The first-order valence-corrected chi connectivity index (χ1v) is 7.00. The van der Waals surface area contributed by atoms with E-state index in [1.807, 2.05) is 0 Å². The van der Waals surface area contributed by atoms with Gasteiger partial charge in [0.25, 0.3) is 0 Å². The van der Waals surface area contributed by atoms with Crippen LogP contribution in [0.3, 0.4) is 0 Å². The fourth-order valence-corrected chi connectivity index (χ4v) is 2.71. The van der Waals surface area contributed by atoms with Gasteiger partial charge in [0, 0.05) is 5.92 Å². The van der Waals surface area contributed by atoms with Crippen molar-refractivity contribution in [2.45, 2.75) is 25.2 Å². The van der Waals surface area contributed by atoms with Crippen molar-refractivity contribution < 1.29 is 13.6 Å². The Balaban J connectivity index is 1.61. The number of aromatic nitrogens is 2. The Morgan fingerprint density at radius 2 is 2.10 bits per heavy atom. The van der Waals surface area contributed by atoms with Crippen LogP contribution < -0.4 is 5.32 Å². The molecule has 1 aliphatic rings. The lowest BCUT2D eigenvalue weighted by Gasteiger charge is -2.02. The Hall–Kier alpha value is -1.89. The maximum absolute atomic E-state index is 13.0. The van der Waals surface area contributed by atoms with Crippen LogP contribution in [0.4, 0.5) is 13.9 Å². The molecule has 1 aliphatic carbocycles. The minimum Gasteiger partial charge on any atom is -0.300 e. The minimum atomic E-state index is -0.956. The zero-order valence-electron chi connectivity index (χ0n) is 10.4. The standard InChI is InChI=1S/C13H11F2N3OS/c14-9-4-1-7(5-10(9)15)6-11(19)16-13-18-17-12(20-13)8-2-3-8/h1,4-5,8H,2-3,6H2,(H,16,18,19). The Kier molecular flexibility index (Phi) is 3.43. The fourth-order valence-electron chi connectivity index (χ4n) is 1.78. The van der Waals surface area contributed by atoms with Crippen molar-refractivity contribution in [3.05, 3.63) is 40.4 Å². The SMILES string of the molecule is O=C(Cc1ccc(F)c(F)c1)Nc1nnc(C2CC2)s1. The zero-order valence-corrected chi connectivity index (χ0v) is 11.2. The third kappa shape index (κ3) is 2.98. The number of hydrogen-bond acceptors (Lipinski definition) is 4. The number of carbonyl (C=O) groups excluding carboxylic acids is 1. The van der Waals surface area contributed by atoms with Crippen molar-refractivity contribution in [2.75, 3.05) is 5.32 Å². The summed E-state index contributed by atoms with van der Waals surface area (Å²) in [6.45, 7) is 0. The van der Waals surface area contributed by atoms with Crippen LogP contribution >= 0.6 is 11.3 Å². The van der Waals surface area contributed by atoms with E-state index < -0.39 is 11.6 Å². The molecule has 1 amide bonds. The van der Waals surface area contributed by atoms with Gasteiger partial charge in [-0.25, -0.2) is 8.78 Å². The van der Waals surface area contributed by atoms with Crippen molar-refractivity contribution >= 4 is 22.4 Å². The average molecular weight is 295 g/mol. The average Bonchev–Trinajstić information content (AvgIpc) is 3.15. The molecule has 0 spiro atoms. The second-order valence-electron chi connectivity index (χ2n) is 4.69. The van der Waals surface area contributed by atoms with Crippen LogP contribution in [0.5, 0.6) is 0 Å². The zero-order chi connectivity index (χ0) is 14.1. The highest BCUT2D eigenvalue weighted by Crippen LogP contribution is 2.42. The highest BCUT2D eigenvalue weighted by Gasteiger charge is 2.27.